The number of hydrogen-bond acceptors (Lipinski definition) is 2. The summed E-state index contributed by atoms with van der Waals surface area (Å²) in [6.45, 7) is 9.24. The molecule has 0 aromatic heterocycles. The molecule has 0 bridgehead atoms. The van der Waals surface area contributed by atoms with Crippen molar-refractivity contribution in [2.75, 3.05) is 13.1 Å². The minimum Gasteiger partial charge on any atom is -0.373 e. The minimum atomic E-state index is 0.424. The summed E-state index contributed by atoms with van der Waals surface area (Å²) < 4.78 is 5.89. The van der Waals surface area contributed by atoms with E-state index in [1.54, 1.807) is 0 Å². The predicted molar refractivity (Wildman–Crippen MR) is 83.8 cm³/mol. The topological polar surface area (TPSA) is 12.5 Å². The summed E-state index contributed by atoms with van der Waals surface area (Å²) in [5, 5.41) is 0. The lowest BCUT2D eigenvalue weighted by atomic mass is 9.75. The van der Waals surface area contributed by atoms with Gasteiger partial charge in [0.25, 0.3) is 0 Å². The average Bonchev–Trinajstić information content (AvgIpc) is 2.87. The lowest BCUT2D eigenvalue weighted by Gasteiger charge is -2.39. The molecule has 2 nitrogen and oxygen atoms in total. The standard InChI is InChI=1S/C18H33NO/c1-13-5-4-6-16(9-13)17-7-8-18(10-17)19-11-14(2)20-15(3)12-19/h13-18H,4-12H2,1-3H3. The van der Waals surface area contributed by atoms with E-state index in [1.165, 1.54) is 44.9 Å². The molecule has 0 N–H and O–H groups in total. The zero-order valence-electron chi connectivity index (χ0n) is 13.7. The van der Waals surface area contributed by atoms with Crippen LogP contribution in [0.15, 0.2) is 0 Å². The first kappa shape index (κ1) is 14.8. The molecule has 3 fully saturated rings. The number of rotatable bonds is 2. The van der Waals surface area contributed by atoms with Gasteiger partial charge < -0.3 is 4.74 Å². The van der Waals surface area contributed by atoms with Crippen LogP contribution in [0, 0.1) is 17.8 Å². The summed E-state index contributed by atoms with van der Waals surface area (Å²) in [4.78, 5) is 2.74. The molecule has 0 amide bonds. The molecule has 1 saturated heterocycles. The monoisotopic (exact) mass is 279 g/mol. The van der Waals surface area contributed by atoms with E-state index in [4.69, 9.17) is 4.74 Å². The summed E-state index contributed by atoms with van der Waals surface area (Å²) in [7, 11) is 0. The van der Waals surface area contributed by atoms with Crippen molar-refractivity contribution in [3.8, 4) is 0 Å². The van der Waals surface area contributed by atoms with Crippen LogP contribution < -0.4 is 0 Å². The molecule has 3 rings (SSSR count). The molecule has 0 radical (unpaired) electrons. The highest BCUT2D eigenvalue weighted by molar-refractivity contribution is 4.90. The summed E-state index contributed by atoms with van der Waals surface area (Å²) in [5.74, 6) is 3.05. The third kappa shape index (κ3) is 3.39. The number of morpholine rings is 1. The summed E-state index contributed by atoms with van der Waals surface area (Å²) in [6.07, 6.45) is 11.2. The average molecular weight is 279 g/mol. The first-order valence-electron chi connectivity index (χ1n) is 9.01. The van der Waals surface area contributed by atoms with Crippen LogP contribution in [0.5, 0.6) is 0 Å². The normalized spacial score (nSPS) is 47.5. The molecule has 2 heteroatoms. The van der Waals surface area contributed by atoms with Crippen molar-refractivity contribution in [3.63, 3.8) is 0 Å². The molecule has 0 spiro atoms. The molecular weight excluding hydrogens is 246 g/mol. The van der Waals surface area contributed by atoms with Gasteiger partial charge >= 0.3 is 0 Å². The fraction of sp³-hybridized carbons (Fsp3) is 1.00. The number of ether oxygens (including phenoxy) is 1. The molecule has 0 aromatic rings. The zero-order chi connectivity index (χ0) is 14.1. The Hall–Kier alpha value is -0.0800. The Morgan fingerprint density at radius 3 is 2.20 bits per heavy atom. The quantitative estimate of drug-likeness (QED) is 0.755. The second-order valence-electron chi connectivity index (χ2n) is 7.97. The molecule has 0 aromatic carbocycles. The maximum atomic E-state index is 5.89. The Labute approximate surface area is 125 Å². The van der Waals surface area contributed by atoms with E-state index >= 15 is 0 Å². The van der Waals surface area contributed by atoms with Crippen molar-refractivity contribution >= 4 is 0 Å². The van der Waals surface area contributed by atoms with Crippen molar-refractivity contribution in [2.45, 2.75) is 84.0 Å². The molecule has 3 aliphatic rings. The van der Waals surface area contributed by atoms with Gasteiger partial charge in [0.05, 0.1) is 12.2 Å². The second kappa shape index (κ2) is 6.36. The van der Waals surface area contributed by atoms with Gasteiger partial charge in [0.15, 0.2) is 0 Å². The smallest absolute Gasteiger partial charge is 0.0678 e. The minimum absolute atomic E-state index is 0.424. The van der Waals surface area contributed by atoms with Crippen LogP contribution in [0.4, 0.5) is 0 Å². The van der Waals surface area contributed by atoms with Gasteiger partial charge in [-0.2, -0.15) is 0 Å². The molecule has 6 atom stereocenters. The summed E-state index contributed by atoms with van der Waals surface area (Å²) in [6, 6.07) is 0.853. The molecule has 6 unspecified atom stereocenters. The first-order chi connectivity index (χ1) is 9.61. The fourth-order valence-electron chi connectivity index (χ4n) is 5.18. The van der Waals surface area contributed by atoms with Crippen LogP contribution in [0.3, 0.4) is 0 Å². The zero-order valence-corrected chi connectivity index (χ0v) is 13.7. The van der Waals surface area contributed by atoms with Crippen LogP contribution in [-0.2, 0) is 4.74 Å². The lowest BCUT2D eigenvalue weighted by molar-refractivity contribution is -0.0802. The van der Waals surface area contributed by atoms with Gasteiger partial charge in [0, 0.05) is 19.1 Å². The van der Waals surface area contributed by atoms with Crippen LogP contribution >= 0.6 is 0 Å². The van der Waals surface area contributed by atoms with Crippen LogP contribution in [0.25, 0.3) is 0 Å². The van der Waals surface area contributed by atoms with Crippen LogP contribution in [-0.4, -0.2) is 36.2 Å². The van der Waals surface area contributed by atoms with Gasteiger partial charge in [-0.15, -0.1) is 0 Å². The van der Waals surface area contributed by atoms with Gasteiger partial charge in [0.2, 0.25) is 0 Å². The molecule has 1 heterocycles. The van der Waals surface area contributed by atoms with Crippen LogP contribution in [0.2, 0.25) is 0 Å². The molecule has 2 saturated carbocycles. The van der Waals surface area contributed by atoms with Crippen molar-refractivity contribution in [1.82, 2.24) is 4.90 Å². The SMILES string of the molecule is CC1CCCC(C2CCC(N3CC(C)OC(C)C3)C2)C1. The predicted octanol–water partition coefficient (Wildman–Crippen LogP) is 4.09. The fourth-order valence-corrected chi connectivity index (χ4v) is 5.18. The van der Waals surface area contributed by atoms with E-state index < -0.39 is 0 Å². The van der Waals surface area contributed by atoms with Gasteiger partial charge in [-0.1, -0.05) is 26.2 Å². The van der Waals surface area contributed by atoms with E-state index in [2.05, 4.69) is 25.7 Å². The molecular formula is C18H33NO. The Bertz CT molecular complexity index is 309. The molecule has 20 heavy (non-hydrogen) atoms. The lowest BCUT2D eigenvalue weighted by Crippen LogP contribution is -2.49. The van der Waals surface area contributed by atoms with E-state index in [-0.39, 0.29) is 0 Å². The Kier molecular flexibility index (Phi) is 4.72. The van der Waals surface area contributed by atoms with E-state index in [0.29, 0.717) is 12.2 Å². The van der Waals surface area contributed by atoms with Crippen molar-refractivity contribution in [3.05, 3.63) is 0 Å². The third-order valence-corrected chi connectivity index (χ3v) is 6.05. The second-order valence-corrected chi connectivity index (χ2v) is 7.97. The van der Waals surface area contributed by atoms with Gasteiger partial charge in [0.1, 0.15) is 0 Å². The van der Waals surface area contributed by atoms with Gasteiger partial charge in [-0.05, 0) is 57.3 Å². The molecule has 2 aliphatic carbocycles. The summed E-state index contributed by atoms with van der Waals surface area (Å²) >= 11 is 0. The summed E-state index contributed by atoms with van der Waals surface area (Å²) in [5.41, 5.74) is 0. The van der Waals surface area contributed by atoms with E-state index in [1.807, 2.05) is 0 Å². The van der Waals surface area contributed by atoms with Gasteiger partial charge in [-0.3, -0.25) is 4.90 Å². The van der Waals surface area contributed by atoms with Crippen molar-refractivity contribution in [1.29, 1.82) is 0 Å². The first-order valence-corrected chi connectivity index (χ1v) is 9.01. The Morgan fingerprint density at radius 1 is 0.800 bits per heavy atom. The Morgan fingerprint density at radius 2 is 1.50 bits per heavy atom. The van der Waals surface area contributed by atoms with Crippen molar-refractivity contribution < 1.29 is 4.74 Å². The largest absolute Gasteiger partial charge is 0.373 e. The van der Waals surface area contributed by atoms with Crippen molar-refractivity contribution in [2.24, 2.45) is 17.8 Å². The Balaban J connectivity index is 1.53. The van der Waals surface area contributed by atoms with Crippen LogP contribution in [0.1, 0.15) is 65.7 Å². The third-order valence-electron chi connectivity index (χ3n) is 6.05. The maximum Gasteiger partial charge on any atom is 0.0678 e. The maximum absolute atomic E-state index is 5.89. The highest BCUT2D eigenvalue weighted by Gasteiger charge is 2.37. The number of nitrogens with zero attached hydrogens (tertiary/aromatic N) is 1. The van der Waals surface area contributed by atoms with Gasteiger partial charge in [-0.25, -0.2) is 0 Å². The highest BCUT2D eigenvalue weighted by Crippen LogP contribution is 2.42. The van der Waals surface area contributed by atoms with E-state index in [9.17, 15) is 0 Å². The van der Waals surface area contributed by atoms with E-state index in [0.717, 1.165) is 36.9 Å². The number of hydrogen-bond donors (Lipinski definition) is 0. The molecule has 116 valence electrons. The highest BCUT2D eigenvalue weighted by atomic mass is 16.5. The molecule has 1 aliphatic heterocycles.